The molecule has 23 aromatic rings. The molecule has 554 valence electrons. The molecule has 4 heterocycles. The molecule has 32 bridgehead atoms. The standard InChI is InChI=1S/C115H74N4/c1-116-108-57-49-89-65-100(108)101-66-90(50-58-109(101)116)82-35-19-74(20-36-82)76-23-39-84(40-24-76)92-52-60-111-103(68-92)105-70-94(54-62-113(105)118(111)98-13-7-3-8-14-98)86-43-27-78(28-44-86)80-31-47-88(48-32-80)96-56-64-115-107(72-96)106-71-95(55-63-114(106)119(115)99-15-9-4-10-16-99)87-45-29-79(30-46-87)77-25-41-85(42-26-77)93-53-61-112-104(69-93)102-67-91(51-59-110(102)117(112)97-11-5-2-6-12-97)83-37-21-75(22-38-83)73-17-33-81(89)34-18-73/h2-72H,1H3. The number of para-hydroxylation sites is 3. The Morgan fingerprint density at radius 3 is 0.387 bits per heavy atom. The van der Waals surface area contributed by atoms with Gasteiger partial charge in [0.2, 0.25) is 0 Å². The fourth-order valence-corrected chi connectivity index (χ4v) is 19.1. The minimum absolute atomic E-state index is 1.14. The number of benzene rings is 19. The van der Waals surface area contributed by atoms with E-state index in [0.29, 0.717) is 0 Å². The molecule has 19 aromatic carbocycles. The molecule has 0 N–H and O–H groups in total. The highest BCUT2D eigenvalue weighted by Gasteiger charge is 2.22. The van der Waals surface area contributed by atoms with Crippen molar-refractivity contribution < 1.29 is 0 Å². The molecule has 36 rings (SSSR count). The molecule has 0 fully saturated rings. The van der Waals surface area contributed by atoms with E-state index in [9.17, 15) is 0 Å². The molecule has 0 atom stereocenters. The molecule has 0 spiro atoms. The van der Waals surface area contributed by atoms with E-state index in [2.05, 4.69) is 456 Å². The number of aromatic nitrogens is 4. The summed E-state index contributed by atoms with van der Waals surface area (Å²) in [5, 5.41) is 9.81. The number of nitrogens with zero attached hydrogens (tertiary/aromatic N) is 4. The molecule has 4 aromatic heterocycles. The Morgan fingerprint density at radius 1 is 0.118 bits per heavy atom. The highest BCUT2D eigenvalue weighted by molar-refractivity contribution is 6.15. The molecule has 0 radical (unpaired) electrons. The Bertz CT molecular complexity index is 7510. The Kier molecular flexibility index (Phi) is 15.6. The third kappa shape index (κ3) is 11.4. The first-order valence-electron chi connectivity index (χ1n) is 41.1. The van der Waals surface area contributed by atoms with Gasteiger partial charge in [0.25, 0.3) is 0 Å². The van der Waals surface area contributed by atoms with E-state index in [-0.39, 0.29) is 0 Å². The SMILES string of the molecule is Cn1c2ccc3cc2c2cc(ccc21)-c1ccc(cc1)-c1ccc(cc1)-c1ccc2c(c1)c1cc(ccc1n2-c1ccccc1)-c1ccc(cc1)-c1ccc(cc1)-c1ccc2c(c1)c1cc(ccc1n2-c1ccccc1)-c1ccc(cc1)-c1ccc(cc1)-c1ccc2c(c1)c1cc(ccc1n2-c1ccccc1)-c1ccc(cc1)-c1ccc-3cc1. The zero-order chi connectivity index (χ0) is 78.3. The van der Waals surface area contributed by atoms with Crippen LogP contribution in [0.4, 0.5) is 0 Å². The molecule has 0 saturated carbocycles. The van der Waals surface area contributed by atoms with Gasteiger partial charge >= 0.3 is 0 Å². The van der Waals surface area contributed by atoms with Crippen LogP contribution in [0.3, 0.4) is 0 Å². The Balaban J connectivity index is 0.594. The van der Waals surface area contributed by atoms with Crippen molar-refractivity contribution in [3.05, 3.63) is 431 Å². The minimum Gasteiger partial charge on any atom is -0.344 e. The van der Waals surface area contributed by atoms with Crippen LogP contribution < -0.4 is 0 Å². The summed E-state index contributed by atoms with van der Waals surface area (Å²) in [5.74, 6) is 0. The first kappa shape index (κ1) is 67.8. The lowest BCUT2D eigenvalue weighted by Crippen LogP contribution is -1.93. The lowest BCUT2D eigenvalue weighted by atomic mass is 9.95. The average Bonchev–Trinajstić information content (AvgIpc) is 1.60. The molecule has 13 aliphatic rings. The molecule has 4 heteroatoms. The van der Waals surface area contributed by atoms with Crippen LogP contribution in [-0.4, -0.2) is 18.3 Å². The molecular weight excluding hydrogens is 1440 g/mol. The first-order chi connectivity index (χ1) is 58.8. The van der Waals surface area contributed by atoms with Crippen molar-refractivity contribution in [2.75, 3.05) is 0 Å². The summed E-state index contributed by atoms with van der Waals surface area (Å²) in [6.45, 7) is 0. The van der Waals surface area contributed by atoms with Crippen LogP contribution >= 0.6 is 0 Å². The summed E-state index contributed by atoms with van der Waals surface area (Å²) in [6, 6.07) is 161. The quantitative estimate of drug-likeness (QED) is 0.168. The van der Waals surface area contributed by atoms with E-state index in [4.69, 9.17) is 0 Å². The van der Waals surface area contributed by atoms with Gasteiger partial charge in [0.15, 0.2) is 0 Å². The van der Waals surface area contributed by atoms with Crippen LogP contribution in [0, 0.1) is 0 Å². The molecule has 0 unspecified atom stereocenters. The monoisotopic (exact) mass is 1510 g/mol. The largest absolute Gasteiger partial charge is 0.344 e. The minimum atomic E-state index is 1.14. The smallest absolute Gasteiger partial charge is 0.0541 e. The van der Waals surface area contributed by atoms with Gasteiger partial charge < -0.3 is 18.3 Å². The number of hydrogen-bond donors (Lipinski definition) is 0. The van der Waals surface area contributed by atoms with Gasteiger partial charge in [-0.3, -0.25) is 0 Å². The van der Waals surface area contributed by atoms with Crippen molar-refractivity contribution in [3.8, 4) is 151 Å². The Morgan fingerprint density at radius 2 is 0.235 bits per heavy atom. The highest BCUT2D eigenvalue weighted by Crippen LogP contribution is 2.45. The van der Waals surface area contributed by atoms with Gasteiger partial charge in [0.05, 0.1) is 33.1 Å². The first-order valence-corrected chi connectivity index (χ1v) is 41.1. The van der Waals surface area contributed by atoms with Crippen molar-refractivity contribution >= 4 is 87.2 Å². The van der Waals surface area contributed by atoms with E-state index in [1.165, 1.54) is 221 Å². The lowest BCUT2D eigenvalue weighted by molar-refractivity contribution is 1.01. The van der Waals surface area contributed by atoms with Crippen molar-refractivity contribution in [2.45, 2.75) is 0 Å². The van der Waals surface area contributed by atoms with Crippen LogP contribution in [0.25, 0.3) is 238 Å². The van der Waals surface area contributed by atoms with Crippen LogP contribution in [0.1, 0.15) is 0 Å². The Labute approximate surface area is 689 Å². The fraction of sp³-hybridized carbons (Fsp3) is 0.00870. The van der Waals surface area contributed by atoms with Gasteiger partial charge in [-0.2, -0.15) is 0 Å². The summed E-state index contributed by atoms with van der Waals surface area (Å²) in [6.07, 6.45) is 0. The topological polar surface area (TPSA) is 19.7 Å². The summed E-state index contributed by atoms with van der Waals surface area (Å²) in [7, 11) is 2.19. The maximum absolute atomic E-state index is 2.41. The molecule has 119 heavy (non-hydrogen) atoms. The lowest BCUT2D eigenvalue weighted by Gasteiger charge is -2.10. The molecular formula is C115H74N4. The number of hydrogen-bond acceptors (Lipinski definition) is 0. The van der Waals surface area contributed by atoms with E-state index in [1.807, 2.05) is 0 Å². The van der Waals surface area contributed by atoms with Gasteiger partial charge in [-0.05, 0) is 267 Å². The normalized spacial score (nSPS) is 11.9. The van der Waals surface area contributed by atoms with Crippen LogP contribution in [-0.2, 0) is 7.05 Å². The maximum atomic E-state index is 2.41. The molecule has 13 aliphatic carbocycles. The van der Waals surface area contributed by atoms with E-state index in [0.717, 1.165) is 17.1 Å². The van der Waals surface area contributed by atoms with E-state index < -0.39 is 0 Å². The molecule has 4 nitrogen and oxygen atoms in total. The van der Waals surface area contributed by atoms with Gasteiger partial charge in [0, 0.05) is 78.2 Å². The van der Waals surface area contributed by atoms with E-state index in [1.54, 1.807) is 0 Å². The summed E-state index contributed by atoms with van der Waals surface area (Å²) < 4.78 is 9.56. The van der Waals surface area contributed by atoms with Crippen LogP contribution in [0.5, 0.6) is 0 Å². The predicted molar refractivity (Wildman–Crippen MR) is 502 cm³/mol. The highest BCUT2D eigenvalue weighted by atomic mass is 15.0. The summed E-state index contributed by atoms with van der Waals surface area (Å²) in [5.41, 5.74) is 41.3. The van der Waals surface area contributed by atoms with E-state index >= 15 is 0 Å². The van der Waals surface area contributed by atoms with Crippen molar-refractivity contribution in [1.29, 1.82) is 0 Å². The second-order valence-corrected chi connectivity index (χ2v) is 32.0. The number of rotatable bonds is 3. The second kappa shape index (κ2) is 27.3. The predicted octanol–water partition coefficient (Wildman–Crippen LogP) is 30.9. The van der Waals surface area contributed by atoms with Crippen molar-refractivity contribution in [2.24, 2.45) is 7.05 Å². The van der Waals surface area contributed by atoms with Gasteiger partial charge in [0.1, 0.15) is 0 Å². The molecule has 0 saturated heterocycles. The van der Waals surface area contributed by atoms with Gasteiger partial charge in [-0.1, -0.05) is 297 Å². The van der Waals surface area contributed by atoms with Gasteiger partial charge in [-0.25, -0.2) is 0 Å². The average molecular weight is 1510 g/mol. The summed E-state index contributed by atoms with van der Waals surface area (Å²) in [4.78, 5) is 0. The Hall–Kier alpha value is -15.6. The molecule has 0 amide bonds. The second-order valence-electron chi connectivity index (χ2n) is 32.0. The third-order valence-corrected chi connectivity index (χ3v) is 25.4. The van der Waals surface area contributed by atoms with Crippen LogP contribution in [0.15, 0.2) is 431 Å². The van der Waals surface area contributed by atoms with Gasteiger partial charge in [-0.15, -0.1) is 0 Å². The zero-order valence-electron chi connectivity index (χ0n) is 65.3. The fourth-order valence-electron chi connectivity index (χ4n) is 19.1. The molecule has 0 aliphatic heterocycles. The van der Waals surface area contributed by atoms with Crippen molar-refractivity contribution in [3.63, 3.8) is 0 Å². The summed E-state index contributed by atoms with van der Waals surface area (Å²) >= 11 is 0. The zero-order valence-corrected chi connectivity index (χ0v) is 65.3. The van der Waals surface area contributed by atoms with Crippen molar-refractivity contribution in [1.82, 2.24) is 18.3 Å². The maximum Gasteiger partial charge on any atom is 0.0541 e. The third-order valence-electron chi connectivity index (χ3n) is 25.4. The number of aryl methyl sites for hydroxylation is 1. The van der Waals surface area contributed by atoms with Crippen LogP contribution in [0.2, 0.25) is 0 Å².